The van der Waals surface area contributed by atoms with Crippen molar-refractivity contribution < 1.29 is 4.74 Å². The van der Waals surface area contributed by atoms with Crippen LogP contribution < -0.4 is 4.74 Å². The summed E-state index contributed by atoms with van der Waals surface area (Å²) in [5, 5.41) is 2.53. The maximum Gasteiger partial charge on any atom is 0.130 e. The lowest BCUT2D eigenvalue weighted by atomic mass is 9.85. The molecule has 1 fully saturated rings. The van der Waals surface area contributed by atoms with Gasteiger partial charge in [-0.3, -0.25) is 4.90 Å². The maximum absolute atomic E-state index is 6.22. The second kappa shape index (κ2) is 5.64. The third-order valence-electron chi connectivity index (χ3n) is 5.52. The number of benzene rings is 3. The molecule has 3 aromatic rings. The molecule has 2 heterocycles. The van der Waals surface area contributed by atoms with Gasteiger partial charge in [-0.2, -0.15) is 0 Å². The highest BCUT2D eigenvalue weighted by Gasteiger charge is 2.39. The lowest BCUT2D eigenvalue weighted by Crippen LogP contribution is -2.25. The van der Waals surface area contributed by atoms with Crippen LogP contribution in [-0.2, 0) is 6.54 Å². The Morgan fingerprint density at radius 1 is 0.875 bits per heavy atom. The molecule has 1 saturated heterocycles. The van der Waals surface area contributed by atoms with Crippen LogP contribution in [0.25, 0.3) is 10.8 Å². The zero-order chi connectivity index (χ0) is 15.9. The third-order valence-corrected chi connectivity index (χ3v) is 5.52. The predicted molar refractivity (Wildman–Crippen MR) is 97.4 cm³/mol. The smallest absolute Gasteiger partial charge is 0.130 e. The van der Waals surface area contributed by atoms with Gasteiger partial charge in [0.1, 0.15) is 5.75 Å². The summed E-state index contributed by atoms with van der Waals surface area (Å²) in [7, 11) is 0. The SMILES string of the molecule is c1ccc(CN2CC3COc4c(ccc5ccccc45)C3C2)cc1. The van der Waals surface area contributed by atoms with E-state index in [1.807, 2.05) is 0 Å². The van der Waals surface area contributed by atoms with Crippen LogP contribution in [-0.4, -0.2) is 24.6 Å². The normalized spacial score (nSPS) is 22.8. The summed E-state index contributed by atoms with van der Waals surface area (Å²) in [6.07, 6.45) is 0. The van der Waals surface area contributed by atoms with E-state index in [1.54, 1.807) is 0 Å². The van der Waals surface area contributed by atoms with E-state index in [0.717, 1.165) is 32.0 Å². The largest absolute Gasteiger partial charge is 0.492 e. The number of hydrogen-bond donors (Lipinski definition) is 0. The molecule has 0 saturated carbocycles. The molecular weight excluding hydrogens is 294 g/mol. The minimum absolute atomic E-state index is 0.599. The Balaban J connectivity index is 1.45. The van der Waals surface area contributed by atoms with Gasteiger partial charge in [-0.05, 0) is 16.5 Å². The van der Waals surface area contributed by atoms with E-state index < -0.39 is 0 Å². The molecule has 2 aliphatic rings. The topological polar surface area (TPSA) is 12.5 Å². The van der Waals surface area contributed by atoms with Crippen molar-refractivity contribution in [2.24, 2.45) is 5.92 Å². The van der Waals surface area contributed by atoms with E-state index in [1.165, 1.54) is 21.9 Å². The second-order valence-electron chi connectivity index (χ2n) is 7.06. The number of nitrogens with zero attached hydrogens (tertiary/aromatic N) is 1. The number of hydrogen-bond acceptors (Lipinski definition) is 2. The quantitative estimate of drug-likeness (QED) is 0.693. The highest BCUT2D eigenvalue weighted by molar-refractivity contribution is 5.90. The molecule has 0 amide bonds. The van der Waals surface area contributed by atoms with Gasteiger partial charge in [-0.15, -0.1) is 0 Å². The van der Waals surface area contributed by atoms with Crippen LogP contribution in [0.2, 0.25) is 0 Å². The molecule has 2 atom stereocenters. The average Bonchev–Trinajstić information content (AvgIpc) is 3.05. The molecule has 0 aliphatic carbocycles. The summed E-state index contributed by atoms with van der Waals surface area (Å²) in [6.45, 7) is 4.15. The first-order valence-electron chi connectivity index (χ1n) is 8.79. The van der Waals surface area contributed by atoms with Crippen LogP contribution in [0.3, 0.4) is 0 Å². The van der Waals surface area contributed by atoms with Crippen LogP contribution in [0.4, 0.5) is 0 Å². The van der Waals surface area contributed by atoms with Crippen molar-refractivity contribution >= 4 is 10.8 Å². The molecular formula is C22H21NO. The van der Waals surface area contributed by atoms with Crippen LogP contribution in [0, 0.1) is 5.92 Å². The monoisotopic (exact) mass is 315 g/mol. The molecule has 0 spiro atoms. The van der Waals surface area contributed by atoms with Crippen molar-refractivity contribution in [3.63, 3.8) is 0 Å². The van der Waals surface area contributed by atoms with Gasteiger partial charge in [0.25, 0.3) is 0 Å². The van der Waals surface area contributed by atoms with E-state index in [-0.39, 0.29) is 0 Å². The lowest BCUT2D eigenvalue weighted by Gasteiger charge is -2.28. The molecule has 2 nitrogen and oxygen atoms in total. The van der Waals surface area contributed by atoms with E-state index in [0.29, 0.717) is 11.8 Å². The van der Waals surface area contributed by atoms with Crippen molar-refractivity contribution in [1.82, 2.24) is 4.90 Å². The summed E-state index contributed by atoms with van der Waals surface area (Å²) in [5.41, 5.74) is 2.80. The van der Waals surface area contributed by atoms with Crippen molar-refractivity contribution in [2.75, 3.05) is 19.7 Å². The summed E-state index contributed by atoms with van der Waals surface area (Å²) < 4.78 is 6.22. The highest BCUT2D eigenvalue weighted by atomic mass is 16.5. The number of fused-ring (bicyclic) bond motifs is 5. The first-order valence-corrected chi connectivity index (χ1v) is 8.79. The summed E-state index contributed by atoms with van der Waals surface area (Å²) in [6, 6.07) is 23.9. The number of ether oxygens (including phenoxy) is 1. The molecule has 0 aromatic heterocycles. The molecule has 2 aliphatic heterocycles. The summed E-state index contributed by atoms with van der Waals surface area (Å²) in [5.74, 6) is 2.33. The van der Waals surface area contributed by atoms with Crippen molar-refractivity contribution in [2.45, 2.75) is 12.5 Å². The van der Waals surface area contributed by atoms with E-state index >= 15 is 0 Å². The van der Waals surface area contributed by atoms with Gasteiger partial charge < -0.3 is 4.74 Å². The van der Waals surface area contributed by atoms with Gasteiger partial charge in [0.05, 0.1) is 6.61 Å². The summed E-state index contributed by atoms with van der Waals surface area (Å²) in [4.78, 5) is 2.58. The zero-order valence-corrected chi connectivity index (χ0v) is 13.7. The standard InChI is InChI=1S/C22H21NO/c1-2-6-16(7-3-1)12-23-13-18-15-24-22-19-9-5-4-8-17(19)10-11-20(22)21(18)14-23/h1-11,18,21H,12-15H2. The minimum atomic E-state index is 0.599. The molecule has 3 aromatic carbocycles. The van der Waals surface area contributed by atoms with Crippen molar-refractivity contribution in [3.05, 3.63) is 77.9 Å². The molecule has 0 radical (unpaired) electrons. The molecule has 0 bridgehead atoms. The molecule has 120 valence electrons. The Kier molecular flexibility index (Phi) is 3.30. The van der Waals surface area contributed by atoms with Gasteiger partial charge in [0.15, 0.2) is 0 Å². The highest BCUT2D eigenvalue weighted by Crippen LogP contribution is 2.45. The van der Waals surface area contributed by atoms with E-state index in [4.69, 9.17) is 4.74 Å². The first-order chi connectivity index (χ1) is 11.9. The van der Waals surface area contributed by atoms with Gasteiger partial charge in [0.2, 0.25) is 0 Å². The van der Waals surface area contributed by atoms with Crippen LogP contribution in [0.5, 0.6) is 5.75 Å². The molecule has 24 heavy (non-hydrogen) atoms. The van der Waals surface area contributed by atoms with Crippen molar-refractivity contribution in [1.29, 1.82) is 0 Å². The Labute approximate surface area is 142 Å². The molecule has 2 heteroatoms. The van der Waals surface area contributed by atoms with E-state index in [2.05, 4.69) is 71.6 Å². The van der Waals surface area contributed by atoms with Gasteiger partial charge in [-0.1, -0.05) is 66.7 Å². The Bertz CT molecular complexity index is 874. The lowest BCUT2D eigenvalue weighted by molar-refractivity contribution is 0.214. The second-order valence-corrected chi connectivity index (χ2v) is 7.06. The molecule has 5 rings (SSSR count). The average molecular weight is 315 g/mol. The predicted octanol–water partition coefficient (Wildman–Crippen LogP) is 4.45. The van der Waals surface area contributed by atoms with Crippen LogP contribution in [0.1, 0.15) is 17.0 Å². The zero-order valence-electron chi connectivity index (χ0n) is 13.7. The maximum atomic E-state index is 6.22. The first kappa shape index (κ1) is 14.1. The molecule has 2 unspecified atom stereocenters. The Morgan fingerprint density at radius 3 is 2.62 bits per heavy atom. The van der Waals surface area contributed by atoms with Gasteiger partial charge in [-0.25, -0.2) is 0 Å². The Morgan fingerprint density at radius 2 is 1.71 bits per heavy atom. The molecule has 0 N–H and O–H groups in total. The summed E-state index contributed by atoms with van der Waals surface area (Å²) >= 11 is 0. The van der Waals surface area contributed by atoms with Gasteiger partial charge in [0, 0.05) is 36.9 Å². The van der Waals surface area contributed by atoms with Gasteiger partial charge >= 0.3 is 0 Å². The number of likely N-dealkylation sites (tertiary alicyclic amines) is 1. The Hall–Kier alpha value is -2.32. The fraction of sp³-hybridized carbons (Fsp3) is 0.273. The fourth-order valence-electron chi connectivity index (χ4n) is 4.36. The van der Waals surface area contributed by atoms with Crippen LogP contribution >= 0.6 is 0 Å². The third kappa shape index (κ3) is 2.30. The fourth-order valence-corrected chi connectivity index (χ4v) is 4.36. The number of rotatable bonds is 2. The van der Waals surface area contributed by atoms with Crippen molar-refractivity contribution in [3.8, 4) is 5.75 Å². The van der Waals surface area contributed by atoms with Crippen LogP contribution in [0.15, 0.2) is 66.7 Å². The minimum Gasteiger partial charge on any atom is -0.492 e. The van der Waals surface area contributed by atoms with E-state index in [9.17, 15) is 0 Å².